The molecule has 0 amide bonds. The average Bonchev–Trinajstić information content (AvgIpc) is 3.05. The molecule has 1 aromatic heterocycles. The Morgan fingerprint density at radius 2 is 2.00 bits per heavy atom. The second kappa shape index (κ2) is 7.31. The van der Waals surface area contributed by atoms with Gasteiger partial charge in [0.05, 0.1) is 6.26 Å². The quantitative estimate of drug-likeness (QED) is 0.738. The van der Waals surface area contributed by atoms with Gasteiger partial charge in [-0.25, -0.2) is 0 Å². The molecule has 1 atom stereocenters. The van der Waals surface area contributed by atoms with Crippen LogP contribution in [0, 0.1) is 11.3 Å². The number of hydrogen-bond donors (Lipinski definition) is 1. The molecule has 1 N–H and O–H groups in total. The summed E-state index contributed by atoms with van der Waals surface area (Å²) in [5.41, 5.74) is 0.576. The maximum absolute atomic E-state index is 5.41. The van der Waals surface area contributed by atoms with Crippen LogP contribution in [-0.4, -0.2) is 12.6 Å². The molecule has 0 radical (unpaired) electrons. The monoisotopic (exact) mass is 277 g/mol. The molecule has 1 heterocycles. The van der Waals surface area contributed by atoms with Gasteiger partial charge in [-0.15, -0.1) is 0 Å². The van der Waals surface area contributed by atoms with Crippen molar-refractivity contribution in [3.63, 3.8) is 0 Å². The van der Waals surface area contributed by atoms with Gasteiger partial charge in [0.25, 0.3) is 0 Å². The van der Waals surface area contributed by atoms with Crippen LogP contribution in [0.1, 0.15) is 65.1 Å². The third-order valence-corrected chi connectivity index (χ3v) is 4.73. The van der Waals surface area contributed by atoms with Gasteiger partial charge in [0.1, 0.15) is 5.76 Å². The fourth-order valence-electron chi connectivity index (χ4n) is 3.75. The lowest BCUT2D eigenvalue weighted by atomic mass is 9.78. The van der Waals surface area contributed by atoms with Crippen molar-refractivity contribution in [3.05, 3.63) is 24.2 Å². The Hall–Kier alpha value is -0.760. The van der Waals surface area contributed by atoms with Crippen LogP contribution in [0.4, 0.5) is 0 Å². The summed E-state index contributed by atoms with van der Waals surface area (Å²) in [4.78, 5) is 0. The van der Waals surface area contributed by atoms with Crippen molar-refractivity contribution < 1.29 is 4.42 Å². The second-order valence-electron chi connectivity index (χ2n) is 7.21. The van der Waals surface area contributed by atoms with Crippen molar-refractivity contribution in [2.75, 3.05) is 6.54 Å². The number of aryl methyl sites for hydroxylation is 1. The first kappa shape index (κ1) is 15.6. The average molecular weight is 277 g/mol. The van der Waals surface area contributed by atoms with Crippen molar-refractivity contribution in [2.45, 2.75) is 71.8 Å². The van der Waals surface area contributed by atoms with E-state index in [1.54, 1.807) is 6.26 Å². The molecule has 1 unspecified atom stereocenters. The summed E-state index contributed by atoms with van der Waals surface area (Å²) in [6.45, 7) is 8.23. The fraction of sp³-hybridized carbons (Fsp3) is 0.778. The van der Waals surface area contributed by atoms with E-state index in [1.807, 2.05) is 6.07 Å². The number of rotatable bonds is 8. The Kier molecular flexibility index (Phi) is 5.71. The highest BCUT2D eigenvalue weighted by atomic mass is 16.3. The lowest BCUT2D eigenvalue weighted by molar-refractivity contribution is 0.215. The van der Waals surface area contributed by atoms with Crippen molar-refractivity contribution >= 4 is 0 Å². The molecule has 0 saturated heterocycles. The summed E-state index contributed by atoms with van der Waals surface area (Å²) < 4.78 is 5.41. The van der Waals surface area contributed by atoms with Gasteiger partial charge in [0.2, 0.25) is 0 Å². The molecular formula is C18H31NO. The zero-order valence-corrected chi connectivity index (χ0v) is 13.5. The van der Waals surface area contributed by atoms with Gasteiger partial charge >= 0.3 is 0 Å². The Balaban J connectivity index is 1.74. The minimum absolute atomic E-state index is 0.574. The van der Waals surface area contributed by atoms with Crippen LogP contribution in [0.5, 0.6) is 0 Å². The molecule has 2 nitrogen and oxygen atoms in total. The minimum Gasteiger partial charge on any atom is -0.469 e. The molecule has 1 fully saturated rings. The lowest BCUT2D eigenvalue weighted by Gasteiger charge is -2.32. The Labute approximate surface area is 124 Å². The Bertz CT molecular complexity index is 363. The zero-order chi connectivity index (χ0) is 14.4. The van der Waals surface area contributed by atoms with Crippen LogP contribution >= 0.6 is 0 Å². The summed E-state index contributed by atoms with van der Waals surface area (Å²) in [5.74, 6) is 1.92. The number of hydrogen-bond acceptors (Lipinski definition) is 2. The first-order valence-electron chi connectivity index (χ1n) is 8.35. The maximum atomic E-state index is 5.41. The molecule has 1 aromatic rings. The summed E-state index contributed by atoms with van der Waals surface area (Å²) >= 11 is 0. The molecule has 2 rings (SSSR count). The largest absolute Gasteiger partial charge is 0.469 e. The molecule has 114 valence electrons. The Morgan fingerprint density at radius 3 is 2.60 bits per heavy atom. The standard InChI is InChI=1S/C18H31NO/c1-15(2)13-18(10-4-5-11-18)14-19-16(3)8-9-17-7-6-12-20-17/h6-7,12,15-16,19H,4-5,8-11,13-14H2,1-3H3. The van der Waals surface area contributed by atoms with E-state index in [4.69, 9.17) is 4.42 Å². The van der Waals surface area contributed by atoms with E-state index in [0.717, 1.165) is 24.5 Å². The zero-order valence-electron chi connectivity index (χ0n) is 13.5. The molecule has 0 bridgehead atoms. The van der Waals surface area contributed by atoms with Crippen LogP contribution in [0.15, 0.2) is 22.8 Å². The SMILES string of the molecule is CC(C)CC1(CNC(C)CCc2ccco2)CCCC1. The van der Waals surface area contributed by atoms with E-state index in [-0.39, 0.29) is 0 Å². The van der Waals surface area contributed by atoms with Crippen molar-refractivity contribution in [2.24, 2.45) is 11.3 Å². The van der Waals surface area contributed by atoms with Crippen LogP contribution in [0.3, 0.4) is 0 Å². The number of furan rings is 1. The molecule has 1 aliphatic carbocycles. The predicted octanol–water partition coefficient (Wildman–Crippen LogP) is 4.80. The molecule has 20 heavy (non-hydrogen) atoms. The first-order valence-corrected chi connectivity index (χ1v) is 8.35. The topological polar surface area (TPSA) is 25.2 Å². The van der Waals surface area contributed by atoms with Gasteiger partial charge in [-0.05, 0) is 56.1 Å². The number of nitrogens with one attached hydrogen (secondary N) is 1. The highest BCUT2D eigenvalue weighted by Crippen LogP contribution is 2.42. The molecule has 0 aromatic carbocycles. The molecule has 1 saturated carbocycles. The van der Waals surface area contributed by atoms with Gasteiger partial charge in [-0.1, -0.05) is 26.7 Å². The smallest absolute Gasteiger partial charge is 0.103 e. The van der Waals surface area contributed by atoms with Gasteiger partial charge in [0.15, 0.2) is 0 Å². The highest BCUT2D eigenvalue weighted by Gasteiger charge is 2.34. The van der Waals surface area contributed by atoms with E-state index in [1.165, 1.54) is 38.6 Å². The summed E-state index contributed by atoms with van der Waals surface area (Å²) in [5, 5.41) is 3.79. The van der Waals surface area contributed by atoms with Gasteiger partial charge in [0, 0.05) is 19.0 Å². The third kappa shape index (κ3) is 4.66. The first-order chi connectivity index (χ1) is 9.60. The van der Waals surface area contributed by atoms with E-state index in [2.05, 4.69) is 32.2 Å². The molecule has 0 spiro atoms. The molecular weight excluding hydrogens is 246 g/mol. The van der Waals surface area contributed by atoms with E-state index >= 15 is 0 Å². The van der Waals surface area contributed by atoms with Crippen molar-refractivity contribution in [1.82, 2.24) is 5.32 Å². The molecule has 1 aliphatic rings. The van der Waals surface area contributed by atoms with Crippen LogP contribution in [0.25, 0.3) is 0 Å². The second-order valence-corrected chi connectivity index (χ2v) is 7.21. The summed E-state index contributed by atoms with van der Waals surface area (Å²) in [6.07, 6.45) is 11.0. The van der Waals surface area contributed by atoms with Crippen LogP contribution < -0.4 is 5.32 Å². The normalized spacial score (nSPS) is 19.6. The van der Waals surface area contributed by atoms with Gasteiger partial charge in [-0.3, -0.25) is 0 Å². The summed E-state index contributed by atoms with van der Waals surface area (Å²) in [6, 6.07) is 4.62. The van der Waals surface area contributed by atoms with Crippen molar-refractivity contribution in [1.29, 1.82) is 0 Å². The molecule has 2 heteroatoms. The van der Waals surface area contributed by atoms with Crippen LogP contribution in [-0.2, 0) is 6.42 Å². The van der Waals surface area contributed by atoms with E-state index < -0.39 is 0 Å². The third-order valence-electron chi connectivity index (χ3n) is 4.73. The Morgan fingerprint density at radius 1 is 1.25 bits per heavy atom. The lowest BCUT2D eigenvalue weighted by Crippen LogP contribution is -2.38. The maximum Gasteiger partial charge on any atom is 0.103 e. The fourth-order valence-corrected chi connectivity index (χ4v) is 3.75. The van der Waals surface area contributed by atoms with Crippen LogP contribution in [0.2, 0.25) is 0 Å². The predicted molar refractivity (Wildman–Crippen MR) is 84.8 cm³/mol. The minimum atomic E-state index is 0.574. The highest BCUT2D eigenvalue weighted by molar-refractivity contribution is 4.98. The molecule has 0 aliphatic heterocycles. The van der Waals surface area contributed by atoms with Crippen molar-refractivity contribution in [3.8, 4) is 0 Å². The van der Waals surface area contributed by atoms with E-state index in [9.17, 15) is 0 Å². The van der Waals surface area contributed by atoms with E-state index in [0.29, 0.717) is 11.5 Å². The van der Waals surface area contributed by atoms with Gasteiger partial charge < -0.3 is 9.73 Å². The van der Waals surface area contributed by atoms with Gasteiger partial charge in [-0.2, -0.15) is 0 Å². The summed E-state index contributed by atoms with van der Waals surface area (Å²) in [7, 11) is 0.